The molecule has 2 aromatic heterocycles. The molecule has 7 nitrogen and oxygen atoms in total. The molecule has 0 bridgehead atoms. The van der Waals surface area contributed by atoms with Crippen LogP contribution in [0.4, 0.5) is 0 Å². The Morgan fingerprint density at radius 2 is 2.43 bits per heavy atom. The van der Waals surface area contributed by atoms with E-state index in [4.69, 9.17) is 5.73 Å². The molecule has 3 rings (SSSR count). The molecule has 1 amide bonds. The molecule has 1 saturated heterocycles. The van der Waals surface area contributed by atoms with Crippen molar-refractivity contribution in [2.45, 2.75) is 32.4 Å². The van der Waals surface area contributed by atoms with Crippen molar-refractivity contribution < 1.29 is 4.79 Å². The first-order valence-electron chi connectivity index (χ1n) is 6.96. The first kappa shape index (κ1) is 14.2. The fourth-order valence-electron chi connectivity index (χ4n) is 2.66. The second-order valence-electron chi connectivity index (χ2n) is 5.30. The molecule has 2 N–H and O–H groups in total. The zero-order valence-corrected chi connectivity index (χ0v) is 12.7. The highest BCUT2D eigenvalue weighted by molar-refractivity contribution is 7.09. The fourth-order valence-corrected chi connectivity index (χ4v) is 3.27. The molecule has 0 saturated carbocycles. The number of aryl methyl sites for hydroxylation is 1. The topological polar surface area (TPSA) is 89.9 Å². The number of nitrogens with two attached hydrogens (primary N) is 1. The molecule has 3 heterocycles. The van der Waals surface area contributed by atoms with E-state index in [9.17, 15) is 4.79 Å². The summed E-state index contributed by atoms with van der Waals surface area (Å²) in [6, 6.07) is 0.235. The number of rotatable bonds is 4. The first-order chi connectivity index (χ1) is 10.1. The smallest absolute Gasteiger partial charge is 0.288 e. The molecule has 21 heavy (non-hydrogen) atoms. The van der Waals surface area contributed by atoms with Gasteiger partial charge in [0.15, 0.2) is 0 Å². The molecule has 0 radical (unpaired) electrons. The Kier molecular flexibility index (Phi) is 3.98. The minimum Gasteiger partial charge on any atom is -0.363 e. The highest BCUT2D eigenvalue weighted by Gasteiger charge is 2.23. The maximum Gasteiger partial charge on any atom is 0.288 e. The standard InChI is InChI=1S/C13H18N6OS/c1-9-16-10(7-21-9)5-18-4-2-3-11(6-18)19-8-15-13(17-19)12(14)20/h7-8,11H,2-6H2,1H3,(H2,14,20)/t11-/m0/s1. The first-order valence-corrected chi connectivity index (χ1v) is 7.84. The van der Waals surface area contributed by atoms with E-state index in [0.717, 1.165) is 43.2 Å². The molecule has 112 valence electrons. The van der Waals surface area contributed by atoms with Crippen LogP contribution in [0.25, 0.3) is 0 Å². The van der Waals surface area contributed by atoms with Crippen LogP contribution in [0.3, 0.4) is 0 Å². The summed E-state index contributed by atoms with van der Waals surface area (Å²) in [6.07, 6.45) is 3.73. The third kappa shape index (κ3) is 3.27. The zero-order chi connectivity index (χ0) is 14.8. The van der Waals surface area contributed by atoms with Gasteiger partial charge in [0.05, 0.1) is 16.7 Å². The number of piperidine rings is 1. The van der Waals surface area contributed by atoms with E-state index in [1.807, 2.05) is 6.92 Å². The number of hydrogen-bond acceptors (Lipinski definition) is 6. The van der Waals surface area contributed by atoms with E-state index >= 15 is 0 Å². The summed E-state index contributed by atoms with van der Waals surface area (Å²) in [4.78, 5) is 21.9. The summed E-state index contributed by atoms with van der Waals surface area (Å²) >= 11 is 1.68. The Hall–Kier alpha value is -1.80. The number of likely N-dealkylation sites (tertiary alicyclic amines) is 1. The van der Waals surface area contributed by atoms with Gasteiger partial charge in [-0.05, 0) is 26.3 Å². The number of amides is 1. The summed E-state index contributed by atoms with van der Waals surface area (Å²) in [7, 11) is 0. The monoisotopic (exact) mass is 306 g/mol. The van der Waals surface area contributed by atoms with Crippen LogP contribution in [-0.2, 0) is 6.54 Å². The number of hydrogen-bond donors (Lipinski definition) is 1. The average Bonchev–Trinajstić information content (AvgIpc) is 3.08. The zero-order valence-electron chi connectivity index (χ0n) is 11.9. The Bertz CT molecular complexity index is 636. The second kappa shape index (κ2) is 5.90. The van der Waals surface area contributed by atoms with Gasteiger partial charge in [-0.1, -0.05) is 0 Å². The normalized spacial score (nSPS) is 19.8. The fraction of sp³-hybridized carbons (Fsp3) is 0.538. The van der Waals surface area contributed by atoms with E-state index in [-0.39, 0.29) is 11.9 Å². The summed E-state index contributed by atoms with van der Waals surface area (Å²) in [5.41, 5.74) is 6.31. The number of thiazole rings is 1. The summed E-state index contributed by atoms with van der Waals surface area (Å²) in [5, 5.41) is 7.38. The van der Waals surface area contributed by atoms with Crippen LogP contribution in [0.1, 0.15) is 40.2 Å². The maximum absolute atomic E-state index is 11.1. The molecule has 1 aliphatic rings. The predicted octanol–water partition coefficient (Wildman–Crippen LogP) is 0.979. The molecule has 0 aromatic carbocycles. The van der Waals surface area contributed by atoms with E-state index in [0.29, 0.717) is 0 Å². The van der Waals surface area contributed by atoms with Gasteiger partial charge in [-0.15, -0.1) is 16.4 Å². The summed E-state index contributed by atoms with van der Waals surface area (Å²) in [6.45, 7) is 4.83. The van der Waals surface area contributed by atoms with Gasteiger partial charge in [0.1, 0.15) is 6.33 Å². The van der Waals surface area contributed by atoms with E-state index in [1.54, 1.807) is 22.3 Å². The van der Waals surface area contributed by atoms with Gasteiger partial charge in [0.2, 0.25) is 5.82 Å². The second-order valence-corrected chi connectivity index (χ2v) is 6.36. The van der Waals surface area contributed by atoms with Crippen LogP contribution >= 0.6 is 11.3 Å². The van der Waals surface area contributed by atoms with Crippen LogP contribution in [0, 0.1) is 6.92 Å². The van der Waals surface area contributed by atoms with Gasteiger partial charge in [0, 0.05) is 18.5 Å². The van der Waals surface area contributed by atoms with Gasteiger partial charge in [-0.2, -0.15) is 0 Å². The molecule has 0 aliphatic carbocycles. The number of aromatic nitrogens is 4. The molecule has 2 aromatic rings. The van der Waals surface area contributed by atoms with Gasteiger partial charge >= 0.3 is 0 Å². The van der Waals surface area contributed by atoms with Crippen LogP contribution in [0.15, 0.2) is 11.7 Å². The third-order valence-corrected chi connectivity index (χ3v) is 4.46. The quantitative estimate of drug-likeness (QED) is 0.909. The van der Waals surface area contributed by atoms with E-state index in [1.165, 1.54) is 0 Å². The van der Waals surface area contributed by atoms with Crippen molar-refractivity contribution in [2.75, 3.05) is 13.1 Å². The van der Waals surface area contributed by atoms with Crippen LogP contribution < -0.4 is 5.73 Å². The minimum absolute atomic E-state index is 0.0854. The van der Waals surface area contributed by atoms with Gasteiger partial charge in [-0.3, -0.25) is 9.69 Å². The van der Waals surface area contributed by atoms with Crippen molar-refractivity contribution in [2.24, 2.45) is 5.73 Å². The largest absolute Gasteiger partial charge is 0.363 e. The molecular weight excluding hydrogens is 288 g/mol. The van der Waals surface area contributed by atoms with Crippen molar-refractivity contribution in [3.63, 3.8) is 0 Å². The highest BCUT2D eigenvalue weighted by atomic mass is 32.1. The average molecular weight is 306 g/mol. The number of primary amides is 1. The number of carbonyl (C=O) groups excluding carboxylic acids is 1. The predicted molar refractivity (Wildman–Crippen MR) is 78.9 cm³/mol. The molecular formula is C13H18N6OS. The Morgan fingerprint density at radius 1 is 1.57 bits per heavy atom. The minimum atomic E-state index is -0.584. The van der Waals surface area contributed by atoms with Crippen LogP contribution in [-0.4, -0.2) is 43.6 Å². The lowest BCUT2D eigenvalue weighted by molar-refractivity contribution is 0.0989. The number of nitrogens with zero attached hydrogens (tertiary/aromatic N) is 5. The third-order valence-electron chi connectivity index (χ3n) is 3.64. The van der Waals surface area contributed by atoms with E-state index in [2.05, 4.69) is 25.3 Å². The number of carbonyl (C=O) groups is 1. The highest BCUT2D eigenvalue weighted by Crippen LogP contribution is 2.22. The molecule has 0 unspecified atom stereocenters. The molecule has 8 heteroatoms. The Labute approximate surface area is 126 Å². The molecule has 1 fully saturated rings. The summed E-state index contributed by atoms with van der Waals surface area (Å²) in [5.74, 6) is -0.499. The molecule has 0 spiro atoms. The van der Waals surface area contributed by atoms with Gasteiger partial charge in [-0.25, -0.2) is 14.6 Å². The van der Waals surface area contributed by atoms with Crippen molar-refractivity contribution >= 4 is 17.2 Å². The van der Waals surface area contributed by atoms with Crippen molar-refractivity contribution in [1.82, 2.24) is 24.6 Å². The molecule has 1 atom stereocenters. The maximum atomic E-state index is 11.1. The summed E-state index contributed by atoms with van der Waals surface area (Å²) < 4.78 is 1.76. The van der Waals surface area contributed by atoms with Crippen molar-refractivity contribution in [3.05, 3.63) is 28.2 Å². The lowest BCUT2D eigenvalue weighted by atomic mass is 10.1. The molecule has 1 aliphatic heterocycles. The van der Waals surface area contributed by atoms with Crippen LogP contribution in [0.5, 0.6) is 0 Å². The lowest BCUT2D eigenvalue weighted by Gasteiger charge is -2.32. The van der Waals surface area contributed by atoms with Crippen molar-refractivity contribution in [1.29, 1.82) is 0 Å². The van der Waals surface area contributed by atoms with E-state index < -0.39 is 5.91 Å². The van der Waals surface area contributed by atoms with Crippen LogP contribution in [0.2, 0.25) is 0 Å². The lowest BCUT2D eigenvalue weighted by Crippen LogP contribution is -2.36. The van der Waals surface area contributed by atoms with Crippen molar-refractivity contribution in [3.8, 4) is 0 Å². The van der Waals surface area contributed by atoms with Gasteiger partial charge < -0.3 is 5.73 Å². The SMILES string of the molecule is Cc1nc(CN2CCC[C@H](n3cnc(C(N)=O)n3)C2)cs1. The van der Waals surface area contributed by atoms with Gasteiger partial charge in [0.25, 0.3) is 5.91 Å². The Balaban J connectivity index is 1.66. The Morgan fingerprint density at radius 3 is 3.10 bits per heavy atom.